The number of amides is 2. The number of hydrogen-bond donors (Lipinski definition) is 1. The zero-order valence-electron chi connectivity index (χ0n) is 15.6. The Morgan fingerprint density at radius 3 is 2.42 bits per heavy atom. The molecule has 0 radical (unpaired) electrons. The molecule has 0 saturated carbocycles. The van der Waals surface area contributed by atoms with E-state index in [1.54, 1.807) is 18.7 Å². The maximum atomic E-state index is 12.8. The van der Waals surface area contributed by atoms with Crippen molar-refractivity contribution < 1.29 is 14.3 Å². The molecular weight excluding hydrogens is 328 g/mol. The van der Waals surface area contributed by atoms with E-state index >= 15 is 0 Å². The topological polar surface area (TPSA) is 58.6 Å². The van der Waals surface area contributed by atoms with Crippen LogP contribution in [0, 0.1) is 13.8 Å². The third-order valence-electron chi connectivity index (χ3n) is 4.43. The number of rotatable bonds is 4. The van der Waals surface area contributed by atoms with E-state index in [-0.39, 0.29) is 18.2 Å². The summed E-state index contributed by atoms with van der Waals surface area (Å²) >= 11 is 0. The first-order chi connectivity index (χ1) is 12.3. The van der Waals surface area contributed by atoms with Crippen LogP contribution in [-0.2, 0) is 9.59 Å². The van der Waals surface area contributed by atoms with Crippen molar-refractivity contribution in [2.45, 2.75) is 39.7 Å². The molecule has 1 heterocycles. The van der Waals surface area contributed by atoms with Gasteiger partial charge >= 0.3 is 0 Å². The quantitative estimate of drug-likeness (QED) is 0.910. The lowest BCUT2D eigenvalue weighted by atomic mass is 10.0. The van der Waals surface area contributed by atoms with E-state index in [2.05, 4.69) is 5.32 Å². The van der Waals surface area contributed by atoms with Gasteiger partial charge in [0.1, 0.15) is 5.75 Å². The summed E-state index contributed by atoms with van der Waals surface area (Å²) in [6.07, 6.45) is 0.211. The summed E-state index contributed by atoms with van der Waals surface area (Å²) in [7, 11) is 0. The standard InChI is InChI=1S/C21H24N2O3/c1-14-5-8-16(9-6-14)22-19(24)11-12-23-17-13-15(2)7-10-18(17)26-21(3,4)20(23)25/h5-10,13H,11-12H2,1-4H3,(H,22,24). The second-order valence-electron chi connectivity index (χ2n) is 7.20. The van der Waals surface area contributed by atoms with Crippen molar-refractivity contribution in [3.63, 3.8) is 0 Å². The van der Waals surface area contributed by atoms with Crippen LogP contribution in [0.1, 0.15) is 31.4 Å². The van der Waals surface area contributed by atoms with Crippen LogP contribution < -0.4 is 15.0 Å². The summed E-state index contributed by atoms with van der Waals surface area (Å²) in [5.74, 6) is 0.401. The first-order valence-corrected chi connectivity index (χ1v) is 8.74. The molecule has 1 aliphatic rings. The van der Waals surface area contributed by atoms with E-state index in [4.69, 9.17) is 4.74 Å². The van der Waals surface area contributed by atoms with E-state index in [0.29, 0.717) is 12.3 Å². The Morgan fingerprint density at radius 1 is 1.08 bits per heavy atom. The van der Waals surface area contributed by atoms with Crippen LogP contribution in [0.4, 0.5) is 11.4 Å². The van der Waals surface area contributed by atoms with Gasteiger partial charge in [0.15, 0.2) is 5.60 Å². The average molecular weight is 352 g/mol. The Morgan fingerprint density at radius 2 is 1.73 bits per heavy atom. The molecule has 3 rings (SSSR count). The lowest BCUT2D eigenvalue weighted by Gasteiger charge is -2.38. The number of hydrogen-bond acceptors (Lipinski definition) is 3. The summed E-state index contributed by atoms with van der Waals surface area (Å²) in [5.41, 5.74) is 2.70. The number of benzene rings is 2. The van der Waals surface area contributed by atoms with Crippen LogP contribution in [0.25, 0.3) is 0 Å². The Bertz CT molecular complexity index is 841. The lowest BCUT2D eigenvalue weighted by molar-refractivity contribution is -0.132. The van der Waals surface area contributed by atoms with Crippen molar-refractivity contribution in [2.24, 2.45) is 0 Å². The molecule has 0 spiro atoms. The van der Waals surface area contributed by atoms with Gasteiger partial charge in [-0.15, -0.1) is 0 Å². The SMILES string of the molecule is Cc1ccc(NC(=O)CCN2C(=O)C(C)(C)Oc3ccc(C)cc32)cc1. The zero-order valence-corrected chi connectivity index (χ0v) is 15.6. The molecule has 2 aromatic carbocycles. The average Bonchev–Trinajstić information content (AvgIpc) is 2.58. The van der Waals surface area contributed by atoms with Crippen molar-refractivity contribution in [3.05, 3.63) is 53.6 Å². The number of aryl methyl sites for hydroxylation is 2. The molecule has 0 fully saturated rings. The Hall–Kier alpha value is -2.82. The summed E-state index contributed by atoms with van der Waals surface area (Å²) in [5, 5.41) is 2.87. The molecule has 0 atom stereocenters. The van der Waals surface area contributed by atoms with E-state index in [1.807, 2.05) is 56.3 Å². The highest BCUT2D eigenvalue weighted by molar-refractivity contribution is 6.03. The van der Waals surface area contributed by atoms with Gasteiger partial charge in [-0.05, 0) is 57.5 Å². The molecule has 0 saturated heterocycles. The van der Waals surface area contributed by atoms with Crippen LogP contribution in [0.5, 0.6) is 5.75 Å². The maximum absolute atomic E-state index is 12.8. The number of ether oxygens (including phenoxy) is 1. The van der Waals surface area contributed by atoms with Gasteiger partial charge in [-0.3, -0.25) is 9.59 Å². The van der Waals surface area contributed by atoms with E-state index in [1.165, 1.54) is 0 Å². The number of carbonyl (C=O) groups excluding carboxylic acids is 2. The van der Waals surface area contributed by atoms with Crippen molar-refractivity contribution in [2.75, 3.05) is 16.8 Å². The number of fused-ring (bicyclic) bond motifs is 1. The molecule has 5 nitrogen and oxygen atoms in total. The van der Waals surface area contributed by atoms with Crippen LogP contribution in [0.2, 0.25) is 0 Å². The predicted molar refractivity (Wildman–Crippen MR) is 103 cm³/mol. The number of nitrogens with one attached hydrogen (secondary N) is 1. The van der Waals surface area contributed by atoms with Gasteiger partial charge in [-0.25, -0.2) is 0 Å². The highest BCUT2D eigenvalue weighted by Gasteiger charge is 2.40. The second-order valence-corrected chi connectivity index (χ2v) is 7.20. The van der Waals surface area contributed by atoms with E-state index in [9.17, 15) is 9.59 Å². The monoisotopic (exact) mass is 352 g/mol. The van der Waals surface area contributed by atoms with Crippen molar-refractivity contribution in [1.29, 1.82) is 0 Å². The highest BCUT2D eigenvalue weighted by atomic mass is 16.5. The number of nitrogens with zero attached hydrogens (tertiary/aromatic N) is 1. The maximum Gasteiger partial charge on any atom is 0.270 e. The minimum atomic E-state index is -0.949. The van der Waals surface area contributed by atoms with Gasteiger partial charge < -0.3 is 15.0 Å². The molecule has 26 heavy (non-hydrogen) atoms. The van der Waals surface area contributed by atoms with E-state index in [0.717, 1.165) is 22.5 Å². The van der Waals surface area contributed by atoms with Crippen LogP contribution in [0.3, 0.4) is 0 Å². The summed E-state index contributed by atoms with van der Waals surface area (Å²) < 4.78 is 5.84. The number of carbonyl (C=O) groups is 2. The molecule has 2 aromatic rings. The second kappa shape index (κ2) is 6.83. The molecule has 5 heteroatoms. The fourth-order valence-corrected chi connectivity index (χ4v) is 2.97. The molecule has 0 unspecified atom stereocenters. The summed E-state index contributed by atoms with van der Waals surface area (Å²) in [6, 6.07) is 13.4. The third-order valence-corrected chi connectivity index (χ3v) is 4.43. The third kappa shape index (κ3) is 3.72. The van der Waals surface area contributed by atoms with Crippen molar-refractivity contribution in [3.8, 4) is 5.75 Å². The molecule has 136 valence electrons. The summed E-state index contributed by atoms with van der Waals surface area (Å²) in [4.78, 5) is 26.8. The van der Waals surface area contributed by atoms with Crippen LogP contribution in [-0.4, -0.2) is 24.0 Å². The number of anilines is 2. The minimum absolute atomic E-state index is 0.125. The van der Waals surface area contributed by atoms with Gasteiger partial charge in [0.05, 0.1) is 5.69 Å². The molecule has 1 aliphatic heterocycles. The first kappa shape index (κ1) is 18.0. The van der Waals surface area contributed by atoms with Crippen LogP contribution >= 0.6 is 0 Å². The zero-order chi connectivity index (χ0) is 18.9. The summed E-state index contributed by atoms with van der Waals surface area (Å²) in [6.45, 7) is 7.76. The molecule has 0 aromatic heterocycles. The molecule has 1 N–H and O–H groups in total. The highest BCUT2D eigenvalue weighted by Crippen LogP contribution is 2.38. The normalized spacial score (nSPS) is 15.2. The van der Waals surface area contributed by atoms with Gasteiger partial charge in [-0.1, -0.05) is 23.8 Å². The molecule has 0 bridgehead atoms. The Labute approximate surface area is 154 Å². The minimum Gasteiger partial charge on any atom is -0.476 e. The lowest BCUT2D eigenvalue weighted by Crippen LogP contribution is -2.53. The molecule has 0 aliphatic carbocycles. The predicted octanol–water partition coefficient (Wildman–Crippen LogP) is 3.84. The van der Waals surface area contributed by atoms with Crippen LogP contribution in [0.15, 0.2) is 42.5 Å². The Kier molecular flexibility index (Phi) is 4.72. The fourth-order valence-electron chi connectivity index (χ4n) is 2.97. The van der Waals surface area contributed by atoms with E-state index < -0.39 is 5.60 Å². The first-order valence-electron chi connectivity index (χ1n) is 8.74. The van der Waals surface area contributed by atoms with Gasteiger partial charge in [0.2, 0.25) is 5.91 Å². The fraction of sp³-hybridized carbons (Fsp3) is 0.333. The van der Waals surface area contributed by atoms with Gasteiger partial charge in [0, 0.05) is 18.7 Å². The van der Waals surface area contributed by atoms with Gasteiger partial charge in [0.25, 0.3) is 5.91 Å². The molecule has 2 amide bonds. The smallest absolute Gasteiger partial charge is 0.270 e. The largest absolute Gasteiger partial charge is 0.476 e. The van der Waals surface area contributed by atoms with Gasteiger partial charge in [-0.2, -0.15) is 0 Å². The van der Waals surface area contributed by atoms with Crippen molar-refractivity contribution in [1.82, 2.24) is 0 Å². The van der Waals surface area contributed by atoms with Crippen molar-refractivity contribution >= 4 is 23.2 Å². The molecular formula is C21H24N2O3. The Balaban J connectivity index is 1.73.